The van der Waals surface area contributed by atoms with E-state index in [9.17, 15) is 0 Å². The van der Waals surface area contributed by atoms with Gasteiger partial charge >= 0.3 is 0 Å². The lowest BCUT2D eigenvalue weighted by molar-refractivity contribution is 0.0211. The zero-order valence-corrected chi connectivity index (χ0v) is 20.9. The summed E-state index contributed by atoms with van der Waals surface area (Å²) in [7, 11) is 0. The Hall–Kier alpha value is -1.13. The van der Waals surface area contributed by atoms with Crippen molar-refractivity contribution in [2.75, 3.05) is 57.4 Å². The Bertz CT molecular complexity index is 630. The van der Waals surface area contributed by atoms with Crippen molar-refractivity contribution in [3.63, 3.8) is 0 Å². The number of nitrogens with one attached hydrogen (secondary N) is 2. The number of aliphatic imine (C=N–C) groups is 1. The largest absolute Gasteiger partial charge is 0.379 e. The van der Waals surface area contributed by atoms with E-state index in [1.165, 1.54) is 31.2 Å². The van der Waals surface area contributed by atoms with Crippen molar-refractivity contribution in [1.29, 1.82) is 0 Å². The predicted molar refractivity (Wildman–Crippen MR) is 135 cm³/mol. The van der Waals surface area contributed by atoms with E-state index in [4.69, 9.17) is 9.73 Å². The van der Waals surface area contributed by atoms with Crippen molar-refractivity contribution in [2.45, 2.75) is 52.1 Å². The number of ether oxygens (including phenoxy) is 1. The third-order valence-electron chi connectivity index (χ3n) is 5.74. The molecule has 2 fully saturated rings. The molecule has 8 heteroatoms. The molecule has 2 saturated heterocycles. The summed E-state index contributed by atoms with van der Waals surface area (Å²) in [6.07, 6.45) is 7.12. The second-order valence-electron chi connectivity index (χ2n) is 8.00. The van der Waals surface area contributed by atoms with Gasteiger partial charge in [0.15, 0.2) is 5.96 Å². The normalized spacial score (nSPS) is 19.5. The summed E-state index contributed by atoms with van der Waals surface area (Å²) >= 11 is 0. The van der Waals surface area contributed by atoms with E-state index in [1.54, 1.807) is 0 Å². The molecule has 2 aliphatic rings. The number of anilines is 1. The lowest BCUT2D eigenvalue weighted by atomic mass is 10.2. The fraction of sp³-hybridized carbons (Fsp3) is 0.727. The number of halogens is 1. The monoisotopic (exact) mass is 530 g/mol. The SMILES string of the molecule is CCNC(=NCc1ccnc(N2CCCCCC2)c1)NCC(C)N1CCOCC1.I. The maximum atomic E-state index is 5.46. The Morgan fingerprint density at radius 3 is 2.57 bits per heavy atom. The minimum atomic E-state index is 0. The van der Waals surface area contributed by atoms with Gasteiger partial charge in [-0.1, -0.05) is 12.8 Å². The average molecular weight is 530 g/mol. The number of guanidine groups is 1. The minimum absolute atomic E-state index is 0. The Balaban J connectivity index is 0.00000320. The summed E-state index contributed by atoms with van der Waals surface area (Å²) < 4.78 is 5.46. The van der Waals surface area contributed by atoms with Crippen LogP contribution in [0.1, 0.15) is 45.1 Å². The maximum absolute atomic E-state index is 5.46. The highest BCUT2D eigenvalue weighted by Crippen LogP contribution is 2.18. The molecule has 1 unspecified atom stereocenters. The molecule has 2 N–H and O–H groups in total. The molecular weight excluding hydrogens is 491 g/mol. The highest BCUT2D eigenvalue weighted by Gasteiger charge is 2.17. The molecule has 1 aromatic rings. The lowest BCUT2D eigenvalue weighted by Gasteiger charge is -2.32. The third-order valence-corrected chi connectivity index (χ3v) is 5.74. The topological polar surface area (TPSA) is 65.0 Å². The number of rotatable bonds is 7. The van der Waals surface area contributed by atoms with E-state index in [0.717, 1.165) is 64.3 Å². The van der Waals surface area contributed by atoms with Gasteiger partial charge in [-0.25, -0.2) is 9.98 Å². The standard InChI is InChI=1S/C22H38N6O.HI/c1-3-23-22(25-17-19(2)27-12-14-29-15-13-27)26-18-20-8-9-24-21(16-20)28-10-6-4-5-7-11-28;/h8-9,16,19H,3-7,10-15,17-18H2,1-2H3,(H2,23,25,26);1H. The number of pyridine rings is 1. The molecule has 0 saturated carbocycles. The van der Waals surface area contributed by atoms with Crippen LogP contribution in [0.4, 0.5) is 5.82 Å². The van der Waals surface area contributed by atoms with Crippen molar-refractivity contribution in [3.05, 3.63) is 23.9 Å². The molecule has 170 valence electrons. The van der Waals surface area contributed by atoms with Crippen LogP contribution in [0.25, 0.3) is 0 Å². The summed E-state index contributed by atoms with van der Waals surface area (Å²) in [5.74, 6) is 1.97. The fourth-order valence-electron chi connectivity index (χ4n) is 3.94. The highest BCUT2D eigenvalue weighted by atomic mass is 127. The van der Waals surface area contributed by atoms with Gasteiger partial charge in [0, 0.05) is 51.5 Å². The van der Waals surface area contributed by atoms with Crippen molar-refractivity contribution in [1.82, 2.24) is 20.5 Å². The van der Waals surface area contributed by atoms with Crippen LogP contribution in [0.15, 0.2) is 23.3 Å². The summed E-state index contributed by atoms with van der Waals surface area (Å²) in [6, 6.07) is 4.73. The molecule has 1 aromatic heterocycles. The van der Waals surface area contributed by atoms with Crippen LogP contribution in [-0.2, 0) is 11.3 Å². The van der Waals surface area contributed by atoms with E-state index in [-0.39, 0.29) is 24.0 Å². The van der Waals surface area contributed by atoms with Crippen molar-refractivity contribution in [2.24, 2.45) is 4.99 Å². The zero-order chi connectivity index (χ0) is 20.3. The van der Waals surface area contributed by atoms with Crippen LogP contribution < -0.4 is 15.5 Å². The minimum Gasteiger partial charge on any atom is -0.379 e. The molecule has 0 radical (unpaired) electrons. The maximum Gasteiger partial charge on any atom is 0.191 e. The summed E-state index contributed by atoms with van der Waals surface area (Å²) in [6.45, 7) is 12.7. The predicted octanol–water partition coefficient (Wildman–Crippen LogP) is 2.86. The van der Waals surface area contributed by atoms with Crippen molar-refractivity contribution >= 4 is 35.8 Å². The van der Waals surface area contributed by atoms with Crippen LogP contribution in [0, 0.1) is 0 Å². The highest BCUT2D eigenvalue weighted by molar-refractivity contribution is 14.0. The molecule has 0 aromatic carbocycles. The summed E-state index contributed by atoms with van der Waals surface area (Å²) in [4.78, 5) is 14.3. The molecule has 7 nitrogen and oxygen atoms in total. The van der Waals surface area contributed by atoms with Gasteiger partial charge in [-0.15, -0.1) is 24.0 Å². The number of nitrogens with zero attached hydrogens (tertiary/aromatic N) is 4. The van der Waals surface area contributed by atoms with E-state index in [2.05, 4.69) is 51.4 Å². The van der Waals surface area contributed by atoms with Gasteiger partial charge in [0.05, 0.1) is 19.8 Å². The Kier molecular flexibility index (Phi) is 11.8. The summed E-state index contributed by atoms with van der Waals surface area (Å²) in [5.41, 5.74) is 1.21. The van der Waals surface area contributed by atoms with Gasteiger partial charge in [-0.3, -0.25) is 4.90 Å². The quantitative estimate of drug-likeness (QED) is 0.321. The van der Waals surface area contributed by atoms with Crippen LogP contribution in [0.3, 0.4) is 0 Å². The third kappa shape index (κ3) is 8.19. The molecule has 3 heterocycles. The van der Waals surface area contributed by atoms with Crippen LogP contribution in [0.5, 0.6) is 0 Å². The Morgan fingerprint density at radius 2 is 1.87 bits per heavy atom. The van der Waals surface area contributed by atoms with Crippen LogP contribution in [-0.4, -0.2) is 74.4 Å². The fourth-order valence-corrected chi connectivity index (χ4v) is 3.94. The lowest BCUT2D eigenvalue weighted by Crippen LogP contribution is -2.49. The van der Waals surface area contributed by atoms with E-state index < -0.39 is 0 Å². The Labute approximate surface area is 199 Å². The molecule has 0 bridgehead atoms. The van der Waals surface area contributed by atoms with Gasteiger partial charge in [-0.2, -0.15) is 0 Å². The number of aromatic nitrogens is 1. The molecule has 1 atom stereocenters. The van der Waals surface area contributed by atoms with Crippen LogP contribution >= 0.6 is 24.0 Å². The van der Waals surface area contributed by atoms with Gasteiger partial charge in [-0.05, 0) is 44.4 Å². The van der Waals surface area contributed by atoms with Crippen LogP contribution in [0.2, 0.25) is 0 Å². The molecular formula is C22H39IN6O. The molecule has 2 aliphatic heterocycles. The summed E-state index contributed by atoms with van der Waals surface area (Å²) in [5, 5.41) is 6.87. The number of morpholine rings is 1. The first-order valence-corrected chi connectivity index (χ1v) is 11.3. The Morgan fingerprint density at radius 1 is 1.13 bits per heavy atom. The van der Waals surface area contributed by atoms with Gasteiger partial charge in [0.1, 0.15) is 5.82 Å². The zero-order valence-electron chi connectivity index (χ0n) is 18.6. The first-order valence-electron chi connectivity index (χ1n) is 11.3. The van der Waals surface area contributed by atoms with Gasteiger partial charge in [0.2, 0.25) is 0 Å². The van der Waals surface area contributed by atoms with E-state index in [1.807, 2.05) is 6.20 Å². The smallest absolute Gasteiger partial charge is 0.191 e. The molecule has 0 spiro atoms. The average Bonchev–Trinajstić information content (AvgIpc) is 3.06. The van der Waals surface area contributed by atoms with Gasteiger partial charge in [0.25, 0.3) is 0 Å². The van der Waals surface area contributed by atoms with E-state index in [0.29, 0.717) is 12.6 Å². The molecule has 3 rings (SSSR count). The first-order chi connectivity index (χ1) is 14.3. The van der Waals surface area contributed by atoms with E-state index >= 15 is 0 Å². The first kappa shape index (κ1) is 25.1. The molecule has 0 amide bonds. The number of hydrogen-bond donors (Lipinski definition) is 2. The number of hydrogen-bond acceptors (Lipinski definition) is 5. The van der Waals surface area contributed by atoms with Crippen molar-refractivity contribution < 1.29 is 4.74 Å². The molecule has 30 heavy (non-hydrogen) atoms. The van der Waals surface area contributed by atoms with Crippen molar-refractivity contribution in [3.8, 4) is 0 Å². The van der Waals surface area contributed by atoms with Gasteiger partial charge < -0.3 is 20.3 Å². The molecule has 0 aliphatic carbocycles. The second kappa shape index (κ2) is 14.0. The second-order valence-corrected chi connectivity index (χ2v) is 8.00.